The minimum atomic E-state index is -0.0962. The maximum absolute atomic E-state index is 12.4. The lowest BCUT2D eigenvalue weighted by Crippen LogP contribution is -2.37. The van der Waals surface area contributed by atoms with Crippen molar-refractivity contribution in [3.05, 3.63) is 71.8 Å². The van der Waals surface area contributed by atoms with Gasteiger partial charge in [-0.05, 0) is 24.9 Å². The van der Waals surface area contributed by atoms with Crippen molar-refractivity contribution >= 4 is 5.78 Å². The Morgan fingerprint density at radius 2 is 1.60 bits per heavy atom. The highest BCUT2D eigenvalue weighted by Crippen LogP contribution is 2.06. The minimum Gasteiger partial charge on any atom is -0.307 e. The van der Waals surface area contributed by atoms with E-state index in [1.54, 1.807) is 0 Å². The van der Waals surface area contributed by atoms with E-state index in [4.69, 9.17) is 0 Å². The highest BCUT2D eigenvalue weighted by molar-refractivity contribution is 6.00. The molecule has 1 N–H and O–H groups in total. The fourth-order valence-electron chi connectivity index (χ4n) is 2.26. The summed E-state index contributed by atoms with van der Waals surface area (Å²) in [5.41, 5.74) is 2.08. The zero-order valence-electron chi connectivity index (χ0n) is 11.9. The van der Waals surface area contributed by atoms with Gasteiger partial charge in [0, 0.05) is 5.56 Å². The number of hydrogen-bond donors (Lipinski definition) is 1. The monoisotopic (exact) mass is 267 g/mol. The molecule has 1 unspecified atom stereocenters. The zero-order valence-corrected chi connectivity index (χ0v) is 11.9. The standard InChI is InChI=1S/C18H21NO/c1-2-17(18(20)16-11-7-4-8-12-16)19-14-13-15-9-5-3-6-10-15/h3-12,17,19H,2,13-14H2,1H3. The van der Waals surface area contributed by atoms with Gasteiger partial charge in [-0.15, -0.1) is 0 Å². The highest BCUT2D eigenvalue weighted by atomic mass is 16.1. The second kappa shape index (κ2) is 7.61. The SMILES string of the molecule is CCC(NCCc1ccccc1)C(=O)c1ccccc1. The third-order valence-electron chi connectivity index (χ3n) is 3.43. The van der Waals surface area contributed by atoms with E-state index in [1.807, 2.05) is 55.5 Å². The molecule has 0 spiro atoms. The minimum absolute atomic E-state index is 0.0962. The van der Waals surface area contributed by atoms with E-state index in [0.717, 1.165) is 24.9 Å². The summed E-state index contributed by atoms with van der Waals surface area (Å²) in [6, 6.07) is 19.7. The average molecular weight is 267 g/mol. The Hall–Kier alpha value is -1.93. The third kappa shape index (κ3) is 4.04. The lowest BCUT2D eigenvalue weighted by molar-refractivity contribution is 0.0941. The summed E-state index contributed by atoms with van der Waals surface area (Å²) in [5.74, 6) is 0.182. The first kappa shape index (κ1) is 14.5. The second-order valence-electron chi connectivity index (χ2n) is 4.88. The van der Waals surface area contributed by atoms with Gasteiger partial charge >= 0.3 is 0 Å². The second-order valence-corrected chi connectivity index (χ2v) is 4.88. The van der Waals surface area contributed by atoms with Crippen molar-refractivity contribution in [3.63, 3.8) is 0 Å². The van der Waals surface area contributed by atoms with Crippen LogP contribution >= 0.6 is 0 Å². The number of benzene rings is 2. The molecule has 2 aromatic carbocycles. The van der Waals surface area contributed by atoms with Crippen LogP contribution in [-0.4, -0.2) is 18.4 Å². The van der Waals surface area contributed by atoms with Crippen molar-refractivity contribution in [1.29, 1.82) is 0 Å². The van der Waals surface area contributed by atoms with Crippen LogP contribution in [0.2, 0.25) is 0 Å². The molecule has 2 rings (SSSR count). The summed E-state index contributed by atoms with van der Waals surface area (Å²) in [5, 5.41) is 3.37. The number of Topliss-reactive ketones (excluding diaryl/α,β-unsaturated/α-hetero) is 1. The first-order chi connectivity index (χ1) is 9.81. The molecule has 0 saturated heterocycles. The molecule has 2 aromatic rings. The fraction of sp³-hybridized carbons (Fsp3) is 0.278. The molecule has 0 saturated carbocycles. The maximum atomic E-state index is 12.4. The Kier molecular flexibility index (Phi) is 5.51. The Morgan fingerprint density at radius 1 is 1.00 bits per heavy atom. The molecule has 104 valence electrons. The van der Waals surface area contributed by atoms with E-state index in [1.165, 1.54) is 5.56 Å². The fourth-order valence-corrected chi connectivity index (χ4v) is 2.26. The largest absolute Gasteiger partial charge is 0.307 e. The van der Waals surface area contributed by atoms with Crippen molar-refractivity contribution in [2.24, 2.45) is 0 Å². The Bertz CT molecular complexity index is 522. The lowest BCUT2D eigenvalue weighted by Gasteiger charge is -2.16. The summed E-state index contributed by atoms with van der Waals surface area (Å²) in [4.78, 5) is 12.4. The van der Waals surface area contributed by atoms with E-state index < -0.39 is 0 Å². The molecule has 0 amide bonds. The van der Waals surface area contributed by atoms with Gasteiger partial charge < -0.3 is 5.32 Å². The number of rotatable bonds is 7. The quantitative estimate of drug-likeness (QED) is 0.778. The van der Waals surface area contributed by atoms with Crippen molar-refractivity contribution in [3.8, 4) is 0 Å². The summed E-state index contributed by atoms with van der Waals surface area (Å²) in [6.45, 7) is 2.86. The van der Waals surface area contributed by atoms with Gasteiger partial charge in [-0.2, -0.15) is 0 Å². The van der Waals surface area contributed by atoms with Gasteiger partial charge in [-0.25, -0.2) is 0 Å². The van der Waals surface area contributed by atoms with Crippen LogP contribution in [0, 0.1) is 0 Å². The lowest BCUT2D eigenvalue weighted by atomic mass is 10.0. The Labute approximate surface area is 120 Å². The van der Waals surface area contributed by atoms with Crippen molar-refractivity contribution in [2.45, 2.75) is 25.8 Å². The van der Waals surface area contributed by atoms with Crippen LogP contribution in [0.1, 0.15) is 29.3 Å². The van der Waals surface area contributed by atoms with E-state index in [-0.39, 0.29) is 11.8 Å². The van der Waals surface area contributed by atoms with Gasteiger partial charge in [0.15, 0.2) is 5.78 Å². The molecule has 0 aliphatic carbocycles. The molecule has 0 aromatic heterocycles. The van der Waals surface area contributed by atoms with Crippen molar-refractivity contribution in [2.75, 3.05) is 6.54 Å². The summed E-state index contributed by atoms with van der Waals surface area (Å²) in [7, 11) is 0. The number of carbonyl (C=O) groups excluding carboxylic acids is 1. The molecule has 0 heterocycles. The first-order valence-electron chi connectivity index (χ1n) is 7.18. The van der Waals surface area contributed by atoms with E-state index in [9.17, 15) is 4.79 Å². The van der Waals surface area contributed by atoms with Gasteiger partial charge in [0.1, 0.15) is 0 Å². The van der Waals surface area contributed by atoms with Gasteiger partial charge in [-0.3, -0.25) is 4.79 Å². The van der Waals surface area contributed by atoms with Crippen LogP contribution in [0.4, 0.5) is 0 Å². The molecule has 2 heteroatoms. The van der Waals surface area contributed by atoms with E-state index in [0.29, 0.717) is 0 Å². The number of carbonyl (C=O) groups is 1. The molecular formula is C18H21NO. The molecule has 0 radical (unpaired) electrons. The van der Waals surface area contributed by atoms with Gasteiger partial charge in [0.2, 0.25) is 0 Å². The average Bonchev–Trinajstić information content (AvgIpc) is 2.53. The van der Waals surface area contributed by atoms with Crippen LogP contribution in [0.5, 0.6) is 0 Å². The third-order valence-corrected chi connectivity index (χ3v) is 3.43. The Morgan fingerprint density at radius 3 is 2.20 bits per heavy atom. The normalized spacial score (nSPS) is 12.1. The van der Waals surface area contributed by atoms with E-state index in [2.05, 4.69) is 17.4 Å². The molecule has 0 fully saturated rings. The molecule has 0 aliphatic heterocycles. The predicted molar refractivity (Wildman–Crippen MR) is 83.0 cm³/mol. The Balaban J connectivity index is 1.88. The molecular weight excluding hydrogens is 246 g/mol. The summed E-state index contributed by atoms with van der Waals surface area (Å²) in [6.07, 6.45) is 1.75. The van der Waals surface area contributed by atoms with Crippen molar-refractivity contribution in [1.82, 2.24) is 5.32 Å². The van der Waals surface area contributed by atoms with Gasteiger partial charge in [-0.1, -0.05) is 67.6 Å². The van der Waals surface area contributed by atoms with Crippen LogP contribution in [-0.2, 0) is 6.42 Å². The van der Waals surface area contributed by atoms with Gasteiger partial charge in [0.25, 0.3) is 0 Å². The maximum Gasteiger partial charge on any atom is 0.179 e. The molecule has 0 bridgehead atoms. The summed E-state index contributed by atoms with van der Waals surface area (Å²) < 4.78 is 0. The van der Waals surface area contributed by atoms with Crippen LogP contribution in [0.25, 0.3) is 0 Å². The molecule has 1 atom stereocenters. The molecule has 0 aliphatic rings. The highest BCUT2D eigenvalue weighted by Gasteiger charge is 2.16. The van der Waals surface area contributed by atoms with Crippen LogP contribution < -0.4 is 5.32 Å². The smallest absolute Gasteiger partial charge is 0.179 e. The number of ketones is 1. The zero-order chi connectivity index (χ0) is 14.2. The van der Waals surface area contributed by atoms with Gasteiger partial charge in [0.05, 0.1) is 6.04 Å². The number of hydrogen-bond acceptors (Lipinski definition) is 2. The predicted octanol–water partition coefficient (Wildman–Crippen LogP) is 3.48. The summed E-state index contributed by atoms with van der Waals surface area (Å²) >= 11 is 0. The van der Waals surface area contributed by atoms with Crippen molar-refractivity contribution < 1.29 is 4.79 Å². The first-order valence-corrected chi connectivity index (χ1v) is 7.18. The molecule has 2 nitrogen and oxygen atoms in total. The molecule has 20 heavy (non-hydrogen) atoms. The van der Waals surface area contributed by atoms with Crippen LogP contribution in [0.3, 0.4) is 0 Å². The topological polar surface area (TPSA) is 29.1 Å². The van der Waals surface area contributed by atoms with E-state index >= 15 is 0 Å². The van der Waals surface area contributed by atoms with Crippen LogP contribution in [0.15, 0.2) is 60.7 Å². The number of nitrogens with one attached hydrogen (secondary N) is 1.